The van der Waals surface area contributed by atoms with Gasteiger partial charge in [0, 0.05) is 24.4 Å². The second kappa shape index (κ2) is 6.50. The molecular weight excluding hydrogens is 240 g/mol. The van der Waals surface area contributed by atoms with E-state index in [0.29, 0.717) is 18.3 Å². The van der Waals surface area contributed by atoms with E-state index in [1.807, 2.05) is 13.0 Å². The second-order valence-electron chi connectivity index (χ2n) is 5.34. The molecule has 1 atom stereocenters. The summed E-state index contributed by atoms with van der Waals surface area (Å²) in [6.45, 7) is 1.93. The largest absolute Gasteiger partial charge is 0.370 e. The Morgan fingerprint density at radius 1 is 1.47 bits per heavy atom. The Morgan fingerprint density at radius 2 is 2.21 bits per heavy atom. The molecule has 0 radical (unpaired) electrons. The van der Waals surface area contributed by atoms with Crippen molar-refractivity contribution in [3.05, 3.63) is 18.0 Å². The Morgan fingerprint density at radius 3 is 2.84 bits per heavy atom. The molecule has 0 spiro atoms. The van der Waals surface area contributed by atoms with Crippen molar-refractivity contribution in [2.24, 2.45) is 11.7 Å². The molecule has 0 saturated heterocycles. The first kappa shape index (κ1) is 13.8. The topological polar surface area (TPSA) is 80.9 Å². The third-order valence-electron chi connectivity index (χ3n) is 3.75. The predicted octanol–water partition coefficient (Wildman–Crippen LogP) is 2.02. The summed E-state index contributed by atoms with van der Waals surface area (Å²) in [5.41, 5.74) is 6.28. The fourth-order valence-corrected chi connectivity index (χ4v) is 2.77. The fraction of sp³-hybridized carbons (Fsp3) is 0.643. The van der Waals surface area contributed by atoms with E-state index < -0.39 is 0 Å². The van der Waals surface area contributed by atoms with Crippen LogP contribution < -0.4 is 11.1 Å². The molecule has 1 aromatic heterocycles. The molecule has 2 rings (SSSR count). The summed E-state index contributed by atoms with van der Waals surface area (Å²) in [4.78, 5) is 19.8. The van der Waals surface area contributed by atoms with Crippen LogP contribution in [0.15, 0.2) is 12.3 Å². The van der Waals surface area contributed by atoms with Gasteiger partial charge in [-0.15, -0.1) is 0 Å². The fourth-order valence-electron chi connectivity index (χ4n) is 2.77. The van der Waals surface area contributed by atoms with Crippen LogP contribution in [0.5, 0.6) is 0 Å². The molecule has 1 aliphatic carbocycles. The van der Waals surface area contributed by atoms with Crippen LogP contribution in [0.4, 0.5) is 5.95 Å². The molecule has 1 amide bonds. The third kappa shape index (κ3) is 4.19. The summed E-state index contributed by atoms with van der Waals surface area (Å²) < 4.78 is 0. The number of carbonyl (C=O) groups is 1. The van der Waals surface area contributed by atoms with Gasteiger partial charge in [0.05, 0.1) is 0 Å². The molecule has 0 bridgehead atoms. The first-order chi connectivity index (χ1) is 9.15. The Labute approximate surface area is 114 Å². The first-order valence-corrected chi connectivity index (χ1v) is 6.99. The highest BCUT2D eigenvalue weighted by Crippen LogP contribution is 2.29. The molecular formula is C14H22N4O. The van der Waals surface area contributed by atoms with Crippen LogP contribution in [-0.2, 0) is 4.79 Å². The van der Waals surface area contributed by atoms with Crippen LogP contribution in [-0.4, -0.2) is 21.9 Å². The molecule has 5 heteroatoms. The number of primary amides is 1. The summed E-state index contributed by atoms with van der Waals surface area (Å²) in [6, 6.07) is 1.91. The highest BCUT2D eigenvalue weighted by Gasteiger charge is 2.25. The average molecular weight is 262 g/mol. The van der Waals surface area contributed by atoms with Crippen molar-refractivity contribution in [1.29, 1.82) is 0 Å². The number of aryl methyl sites for hydroxylation is 1. The van der Waals surface area contributed by atoms with Crippen molar-refractivity contribution in [3.63, 3.8) is 0 Å². The lowest BCUT2D eigenvalue weighted by atomic mass is 9.82. The maximum atomic E-state index is 11.3. The summed E-state index contributed by atoms with van der Waals surface area (Å²) >= 11 is 0. The van der Waals surface area contributed by atoms with Crippen molar-refractivity contribution in [2.45, 2.75) is 51.5 Å². The summed E-state index contributed by atoms with van der Waals surface area (Å²) in [5.74, 6) is 0.818. The number of carbonyl (C=O) groups excluding carboxylic acids is 1. The van der Waals surface area contributed by atoms with Gasteiger partial charge in [-0.05, 0) is 31.7 Å². The molecule has 3 N–H and O–H groups in total. The average Bonchev–Trinajstić information content (AvgIpc) is 2.38. The molecule has 1 fully saturated rings. The maximum Gasteiger partial charge on any atom is 0.223 e. The number of nitrogens with two attached hydrogens (primary N) is 1. The molecule has 1 heterocycles. The zero-order chi connectivity index (χ0) is 13.7. The SMILES string of the molecule is Cc1ccnc(NC(CC(N)=O)C2CCCCC2)n1. The van der Waals surface area contributed by atoms with Crippen LogP contribution in [0, 0.1) is 12.8 Å². The quantitative estimate of drug-likeness (QED) is 0.850. The normalized spacial score (nSPS) is 17.9. The van der Waals surface area contributed by atoms with E-state index in [-0.39, 0.29) is 11.9 Å². The molecule has 104 valence electrons. The molecule has 1 aliphatic rings. The van der Waals surface area contributed by atoms with E-state index in [9.17, 15) is 4.79 Å². The number of hydrogen-bond donors (Lipinski definition) is 2. The van der Waals surface area contributed by atoms with Gasteiger partial charge in [-0.3, -0.25) is 4.79 Å². The van der Waals surface area contributed by atoms with E-state index in [1.165, 1.54) is 19.3 Å². The molecule has 0 aromatic carbocycles. The molecule has 1 unspecified atom stereocenters. The third-order valence-corrected chi connectivity index (χ3v) is 3.75. The Kier molecular flexibility index (Phi) is 4.71. The van der Waals surface area contributed by atoms with Gasteiger partial charge in [0.15, 0.2) is 0 Å². The Balaban J connectivity index is 2.06. The predicted molar refractivity (Wildman–Crippen MR) is 74.6 cm³/mol. The lowest BCUT2D eigenvalue weighted by Crippen LogP contribution is -2.35. The lowest BCUT2D eigenvalue weighted by Gasteiger charge is -2.30. The van der Waals surface area contributed by atoms with Gasteiger partial charge in [0.25, 0.3) is 0 Å². The smallest absolute Gasteiger partial charge is 0.223 e. The first-order valence-electron chi connectivity index (χ1n) is 6.99. The van der Waals surface area contributed by atoms with Crippen molar-refractivity contribution in [3.8, 4) is 0 Å². The highest BCUT2D eigenvalue weighted by molar-refractivity contribution is 5.74. The molecule has 19 heavy (non-hydrogen) atoms. The minimum atomic E-state index is -0.268. The zero-order valence-corrected chi connectivity index (χ0v) is 11.4. The minimum absolute atomic E-state index is 0.0552. The van der Waals surface area contributed by atoms with Gasteiger partial charge in [-0.25, -0.2) is 9.97 Å². The summed E-state index contributed by atoms with van der Waals surface area (Å²) in [7, 11) is 0. The summed E-state index contributed by atoms with van der Waals surface area (Å²) in [6.07, 6.45) is 8.13. The second-order valence-corrected chi connectivity index (χ2v) is 5.34. The van der Waals surface area contributed by atoms with E-state index in [0.717, 1.165) is 18.5 Å². The standard InChI is InChI=1S/C14H22N4O/c1-10-7-8-16-14(17-10)18-12(9-13(15)19)11-5-3-2-4-6-11/h7-8,11-12H,2-6,9H2,1H3,(H2,15,19)(H,16,17,18). The Bertz CT molecular complexity index is 429. The van der Waals surface area contributed by atoms with Gasteiger partial charge in [-0.1, -0.05) is 19.3 Å². The lowest BCUT2D eigenvalue weighted by molar-refractivity contribution is -0.118. The number of anilines is 1. The zero-order valence-electron chi connectivity index (χ0n) is 11.4. The van der Waals surface area contributed by atoms with Gasteiger partial charge < -0.3 is 11.1 Å². The maximum absolute atomic E-state index is 11.3. The number of amides is 1. The highest BCUT2D eigenvalue weighted by atomic mass is 16.1. The number of nitrogens with one attached hydrogen (secondary N) is 1. The number of hydrogen-bond acceptors (Lipinski definition) is 4. The Hall–Kier alpha value is -1.65. The van der Waals surface area contributed by atoms with Crippen LogP contribution in [0.25, 0.3) is 0 Å². The molecule has 1 saturated carbocycles. The van der Waals surface area contributed by atoms with E-state index in [1.54, 1.807) is 6.20 Å². The van der Waals surface area contributed by atoms with Gasteiger partial charge >= 0.3 is 0 Å². The van der Waals surface area contributed by atoms with Gasteiger partial charge in [-0.2, -0.15) is 0 Å². The van der Waals surface area contributed by atoms with E-state index in [2.05, 4.69) is 15.3 Å². The monoisotopic (exact) mass is 262 g/mol. The van der Waals surface area contributed by atoms with E-state index >= 15 is 0 Å². The van der Waals surface area contributed by atoms with Crippen LogP contribution in [0.2, 0.25) is 0 Å². The van der Waals surface area contributed by atoms with E-state index in [4.69, 9.17) is 5.73 Å². The number of rotatable bonds is 5. The molecule has 0 aliphatic heterocycles. The van der Waals surface area contributed by atoms with Crippen LogP contribution in [0.1, 0.15) is 44.2 Å². The van der Waals surface area contributed by atoms with Crippen LogP contribution >= 0.6 is 0 Å². The van der Waals surface area contributed by atoms with Crippen LogP contribution in [0.3, 0.4) is 0 Å². The number of aromatic nitrogens is 2. The molecule has 5 nitrogen and oxygen atoms in total. The van der Waals surface area contributed by atoms with Crippen molar-refractivity contribution >= 4 is 11.9 Å². The van der Waals surface area contributed by atoms with Crippen molar-refractivity contribution < 1.29 is 4.79 Å². The van der Waals surface area contributed by atoms with Gasteiger partial charge in [0.2, 0.25) is 11.9 Å². The van der Waals surface area contributed by atoms with Gasteiger partial charge in [0.1, 0.15) is 0 Å². The van der Waals surface area contributed by atoms with Crippen molar-refractivity contribution in [2.75, 3.05) is 5.32 Å². The minimum Gasteiger partial charge on any atom is -0.370 e. The van der Waals surface area contributed by atoms with Crippen molar-refractivity contribution in [1.82, 2.24) is 9.97 Å². The number of nitrogens with zero attached hydrogens (tertiary/aromatic N) is 2. The summed E-state index contributed by atoms with van der Waals surface area (Å²) in [5, 5.41) is 3.30. The molecule has 1 aromatic rings.